The third kappa shape index (κ3) is 3.10. The zero-order valence-corrected chi connectivity index (χ0v) is 12.5. The van der Waals surface area contributed by atoms with Crippen LogP contribution in [0.2, 0.25) is 5.02 Å². The third-order valence-corrected chi connectivity index (χ3v) is 4.40. The predicted molar refractivity (Wildman–Crippen MR) is 78.6 cm³/mol. The monoisotopic (exact) mass is 286 g/mol. The van der Waals surface area contributed by atoms with E-state index >= 15 is 0 Å². The van der Waals surface area contributed by atoms with Crippen molar-refractivity contribution in [3.63, 3.8) is 0 Å². The van der Waals surface area contributed by atoms with E-state index in [4.69, 9.17) is 23.2 Å². The van der Waals surface area contributed by atoms with E-state index in [-0.39, 0.29) is 0 Å². The second-order valence-corrected chi connectivity index (χ2v) is 6.03. The first-order chi connectivity index (χ1) is 8.61. The normalized spacial score (nSPS) is 17.5. The molecule has 18 heavy (non-hydrogen) atoms. The molecule has 0 aromatic carbocycles. The average molecular weight is 287 g/mol. The van der Waals surface area contributed by atoms with Crippen molar-refractivity contribution in [3.8, 4) is 0 Å². The molecule has 0 atom stereocenters. The van der Waals surface area contributed by atoms with Crippen LogP contribution in [0, 0.1) is 11.8 Å². The molecule has 4 heteroatoms. The van der Waals surface area contributed by atoms with Crippen molar-refractivity contribution in [2.45, 2.75) is 32.6 Å². The number of aromatic nitrogens is 1. The fourth-order valence-electron chi connectivity index (χ4n) is 2.55. The van der Waals surface area contributed by atoms with Gasteiger partial charge in [0.15, 0.2) is 0 Å². The summed E-state index contributed by atoms with van der Waals surface area (Å²) in [4.78, 5) is 6.74. The molecule has 1 saturated heterocycles. The number of hydrogen-bond acceptors (Lipinski definition) is 2. The Hall–Kier alpha value is -0.470. The lowest BCUT2D eigenvalue weighted by molar-refractivity contribution is 0.310. The molecule has 0 aliphatic carbocycles. The third-order valence-electron chi connectivity index (χ3n) is 3.81. The first-order valence-electron chi connectivity index (χ1n) is 6.57. The van der Waals surface area contributed by atoms with Crippen molar-refractivity contribution < 1.29 is 0 Å². The average Bonchev–Trinajstić information content (AvgIpc) is 2.38. The highest BCUT2D eigenvalue weighted by atomic mass is 35.5. The molecule has 0 N–H and O–H groups in total. The van der Waals surface area contributed by atoms with Crippen molar-refractivity contribution in [1.29, 1.82) is 0 Å². The summed E-state index contributed by atoms with van der Waals surface area (Å²) in [6.45, 7) is 6.72. The Kier molecular flexibility index (Phi) is 4.74. The van der Waals surface area contributed by atoms with E-state index in [2.05, 4.69) is 23.7 Å². The van der Waals surface area contributed by atoms with Gasteiger partial charge in [0.25, 0.3) is 0 Å². The Labute approximate surface area is 119 Å². The number of nitrogens with zero attached hydrogens (tertiary/aromatic N) is 2. The molecule has 0 unspecified atom stereocenters. The van der Waals surface area contributed by atoms with Gasteiger partial charge in [-0.2, -0.15) is 0 Å². The molecule has 1 aliphatic rings. The van der Waals surface area contributed by atoms with Gasteiger partial charge in [0.2, 0.25) is 0 Å². The maximum absolute atomic E-state index is 6.28. The van der Waals surface area contributed by atoms with Crippen molar-refractivity contribution in [3.05, 3.63) is 22.8 Å². The highest BCUT2D eigenvalue weighted by Crippen LogP contribution is 2.30. The predicted octanol–water partition coefficient (Wildman–Crippen LogP) is 4.35. The molecule has 0 spiro atoms. The molecule has 0 bridgehead atoms. The Balaban J connectivity index is 2.05. The van der Waals surface area contributed by atoms with E-state index in [1.807, 2.05) is 12.3 Å². The highest BCUT2D eigenvalue weighted by molar-refractivity contribution is 6.33. The molecule has 2 heterocycles. The van der Waals surface area contributed by atoms with E-state index in [0.29, 0.717) is 5.88 Å². The zero-order chi connectivity index (χ0) is 13.1. The highest BCUT2D eigenvalue weighted by Gasteiger charge is 2.23. The number of pyridine rings is 1. The molecule has 1 aliphatic heterocycles. The summed E-state index contributed by atoms with van der Waals surface area (Å²) in [5.74, 6) is 2.98. The van der Waals surface area contributed by atoms with Gasteiger partial charge >= 0.3 is 0 Å². The zero-order valence-electron chi connectivity index (χ0n) is 11.0. The van der Waals surface area contributed by atoms with Gasteiger partial charge in [-0.25, -0.2) is 4.98 Å². The Bertz CT molecular complexity index is 399. The van der Waals surface area contributed by atoms with E-state index in [0.717, 1.165) is 41.3 Å². The molecule has 100 valence electrons. The number of anilines is 1. The lowest BCUT2D eigenvalue weighted by atomic mass is 9.87. The Morgan fingerprint density at radius 1 is 1.39 bits per heavy atom. The van der Waals surface area contributed by atoms with Crippen LogP contribution in [0.15, 0.2) is 12.3 Å². The first kappa shape index (κ1) is 14.0. The lowest BCUT2D eigenvalue weighted by Gasteiger charge is -2.35. The van der Waals surface area contributed by atoms with Gasteiger partial charge in [-0.15, -0.1) is 11.6 Å². The fourth-order valence-corrected chi connectivity index (χ4v) is 3.01. The second-order valence-electron chi connectivity index (χ2n) is 5.35. The van der Waals surface area contributed by atoms with Gasteiger partial charge in [-0.1, -0.05) is 25.4 Å². The largest absolute Gasteiger partial charge is 0.355 e. The minimum Gasteiger partial charge on any atom is -0.355 e. The van der Waals surface area contributed by atoms with Crippen LogP contribution in [0.3, 0.4) is 0 Å². The summed E-state index contributed by atoms with van der Waals surface area (Å²) >= 11 is 12.1. The maximum atomic E-state index is 6.28. The molecule has 1 aromatic heterocycles. The maximum Gasteiger partial charge on any atom is 0.147 e. The van der Waals surface area contributed by atoms with Gasteiger partial charge in [0, 0.05) is 25.2 Å². The van der Waals surface area contributed by atoms with Gasteiger partial charge in [0.1, 0.15) is 5.82 Å². The van der Waals surface area contributed by atoms with Gasteiger partial charge in [0.05, 0.1) is 5.02 Å². The van der Waals surface area contributed by atoms with Crippen LogP contribution < -0.4 is 4.90 Å². The summed E-state index contributed by atoms with van der Waals surface area (Å²) in [5, 5.41) is 0.719. The number of rotatable bonds is 3. The summed E-state index contributed by atoms with van der Waals surface area (Å²) < 4.78 is 0. The Morgan fingerprint density at radius 3 is 2.56 bits per heavy atom. The number of alkyl halides is 1. The summed E-state index contributed by atoms with van der Waals surface area (Å²) in [7, 11) is 0. The fraction of sp³-hybridized carbons (Fsp3) is 0.643. The number of hydrogen-bond donors (Lipinski definition) is 0. The van der Waals surface area contributed by atoms with Gasteiger partial charge in [-0.3, -0.25) is 0 Å². The topological polar surface area (TPSA) is 16.1 Å². The van der Waals surface area contributed by atoms with Crippen molar-refractivity contribution in [1.82, 2.24) is 4.98 Å². The van der Waals surface area contributed by atoms with Crippen LogP contribution in [0.25, 0.3) is 0 Å². The van der Waals surface area contributed by atoms with Crippen molar-refractivity contribution in [2.75, 3.05) is 18.0 Å². The van der Waals surface area contributed by atoms with Crippen molar-refractivity contribution >= 4 is 29.0 Å². The molecule has 0 amide bonds. The van der Waals surface area contributed by atoms with Crippen molar-refractivity contribution in [2.24, 2.45) is 11.8 Å². The molecular weight excluding hydrogens is 267 g/mol. The van der Waals surface area contributed by atoms with Gasteiger partial charge < -0.3 is 4.90 Å². The summed E-state index contributed by atoms with van der Waals surface area (Å²) in [5.41, 5.74) is 0.975. The van der Waals surface area contributed by atoms with Crippen LogP contribution in [0.4, 0.5) is 5.82 Å². The standard InChI is InChI=1S/C14H20Cl2N2/c1-10(2)12-3-5-18(6-4-12)14-13(16)7-11(8-15)9-17-14/h7,9-10,12H,3-6,8H2,1-2H3. The molecule has 0 radical (unpaired) electrons. The molecule has 0 saturated carbocycles. The smallest absolute Gasteiger partial charge is 0.147 e. The summed E-state index contributed by atoms with van der Waals surface area (Å²) in [6, 6.07) is 1.92. The van der Waals surface area contributed by atoms with E-state index in [1.165, 1.54) is 12.8 Å². The number of piperidine rings is 1. The minimum absolute atomic E-state index is 0.461. The molecule has 1 aromatic rings. The van der Waals surface area contributed by atoms with E-state index in [9.17, 15) is 0 Å². The molecule has 1 fully saturated rings. The molecular formula is C14H20Cl2N2. The number of halogens is 2. The first-order valence-corrected chi connectivity index (χ1v) is 7.48. The van der Waals surface area contributed by atoms with Gasteiger partial charge in [-0.05, 0) is 36.3 Å². The van der Waals surface area contributed by atoms with E-state index < -0.39 is 0 Å². The molecule has 2 rings (SSSR count). The van der Waals surface area contributed by atoms with Crippen LogP contribution in [-0.4, -0.2) is 18.1 Å². The minimum atomic E-state index is 0.461. The van der Waals surface area contributed by atoms with Crippen LogP contribution in [0.5, 0.6) is 0 Å². The lowest BCUT2D eigenvalue weighted by Crippen LogP contribution is -2.35. The van der Waals surface area contributed by atoms with Crippen LogP contribution >= 0.6 is 23.2 Å². The van der Waals surface area contributed by atoms with Crippen LogP contribution in [-0.2, 0) is 5.88 Å². The SMILES string of the molecule is CC(C)C1CCN(c2ncc(CCl)cc2Cl)CC1. The second kappa shape index (κ2) is 6.12. The quantitative estimate of drug-likeness (QED) is 0.768. The van der Waals surface area contributed by atoms with E-state index in [1.54, 1.807) is 0 Å². The molecule has 2 nitrogen and oxygen atoms in total. The summed E-state index contributed by atoms with van der Waals surface area (Å²) in [6.07, 6.45) is 4.28. The Morgan fingerprint density at radius 2 is 2.06 bits per heavy atom. The van der Waals surface area contributed by atoms with Crippen LogP contribution in [0.1, 0.15) is 32.3 Å².